The topological polar surface area (TPSA) is 94.7 Å². The second-order valence-electron chi connectivity index (χ2n) is 3.39. The van der Waals surface area contributed by atoms with Crippen LogP contribution in [0.2, 0.25) is 0 Å². The molecular weight excluding hydrogens is 228 g/mol. The van der Waals surface area contributed by atoms with E-state index in [0.29, 0.717) is 0 Å². The third kappa shape index (κ3) is 3.65. The Morgan fingerprint density at radius 1 is 1.53 bits per heavy atom. The van der Waals surface area contributed by atoms with E-state index in [9.17, 15) is 15.2 Å². The van der Waals surface area contributed by atoms with E-state index in [2.05, 4.69) is 4.98 Å². The summed E-state index contributed by atoms with van der Waals surface area (Å²) in [6, 6.07) is 2.71. The molecule has 0 amide bonds. The zero-order valence-corrected chi connectivity index (χ0v) is 9.62. The molecule has 1 aromatic rings. The summed E-state index contributed by atoms with van der Waals surface area (Å²) in [6.07, 6.45) is -0.792. The molecule has 1 rings (SSSR count). The van der Waals surface area contributed by atoms with Gasteiger partial charge in [-0.05, 0) is 0 Å². The Balaban J connectivity index is 2.96. The molecule has 0 spiro atoms. The van der Waals surface area contributed by atoms with Crippen molar-refractivity contribution in [1.29, 1.82) is 0 Å². The summed E-state index contributed by atoms with van der Waals surface area (Å²) in [7, 11) is 2.86. The second-order valence-corrected chi connectivity index (χ2v) is 3.39. The molecule has 1 unspecified atom stereocenters. The van der Waals surface area contributed by atoms with Crippen molar-refractivity contribution < 1.29 is 19.5 Å². The molecule has 0 fully saturated rings. The molecule has 94 valence electrons. The molecule has 7 nitrogen and oxygen atoms in total. The fourth-order valence-corrected chi connectivity index (χ4v) is 1.38. The van der Waals surface area contributed by atoms with E-state index < -0.39 is 11.0 Å². The quantitative estimate of drug-likeness (QED) is 0.578. The van der Waals surface area contributed by atoms with Gasteiger partial charge in [0, 0.05) is 25.7 Å². The normalized spacial score (nSPS) is 12.2. The molecule has 1 heterocycles. The molecular formula is C10H14N2O5. The molecule has 0 aromatic carbocycles. The van der Waals surface area contributed by atoms with Gasteiger partial charge in [0.25, 0.3) is 5.69 Å². The number of nitro groups is 1. The SMILES string of the molecule is COCC(O)Cc1nc(OC)ccc1[N+](=O)[O-]. The van der Waals surface area contributed by atoms with Crippen LogP contribution in [0.1, 0.15) is 5.69 Å². The van der Waals surface area contributed by atoms with Crippen LogP contribution in [0.25, 0.3) is 0 Å². The smallest absolute Gasteiger partial charge is 0.291 e. The first-order valence-corrected chi connectivity index (χ1v) is 4.93. The van der Waals surface area contributed by atoms with E-state index in [1.54, 1.807) is 0 Å². The van der Waals surface area contributed by atoms with E-state index in [4.69, 9.17) is 9.47 Å². The van der Waals surface area contributed by atoms with Gasteiger partial charge in [0.15, 0.2) is 0 Å². The van der Waals surface area contributed by atoms with E-state index in [1.807, 2.05) is 0 Å². The van der Waals surface area contributed by atoms with Crippen molar-refractivity contribution in [2.45, 2.75) is 12.5 Å². The lowest BCUT2D eigenvalue weighted by molar-refractivity contribution is -0.386. The van der Waals surface area contributed by atoms with E-state index >= 15 is 0 Å². The van der Waals surface area contributed by atoms with Crippen molar-refractivity contribution in [2.75, 3.05) is 20.8 Å². The molecule has 7 heteroatoms. The minimum atomic E-state index is -0.835. The zero-order valence-electron chi connectivity index (χ0n) is 9.62. The Hall–Kier alpha value is -1.73. The van der Waals surface area contributed by atoms with E-state index in [-0.39, 0.29) is 30.3 Å². The highest BCUT2D eigenvalue weighted by Crippen LogP contribution is 2.21. The number of hydrogen-bond acceptors (Lipinski definition) is 6. The number of aliphatic hydroxyl groups excluding tert-OH is 1. The summed E-state index contributed by atoms with van der Waals surface area (Å²) in [5.74, 6) is 0.273. The fraction of sp³-hybridized carbons (Fsp3) is 0.500. The number of nitrogens with zero attached hydrogens (tertiary/aromatic N) is 2. The number of aromatic nitrogens is 1. The van der Waals surface area contributed by atoms with Crippen molar-refractivity contribution in [1.82, 2.24) is 4.98 Å². The number of hydrogen-bond donors (Lipinski definition) is 1. The number of methoxy groups -OCH3 is 2. The Morgan fingerprint density at radius 2 is 2.24 bits per heavy atom. The summed E-state index contributed by atoms with van der Waals surface area (Å²) in [5.41, 5.74) is 0.0415. The minimum absolute atomic E-state index is 0.0430. The summed E-state index contributed by atoms with van der Waals surface area (Å²) in [5, 5.41) is 20.3. The largest absolute Gasteiger partial charge is 0.481 e. The summed E-state index contributed by atoms with van der Waals surface area (Å²) in [6.45, 7) is 0.0933. The van der Waals surface area contributed by atoms with Gasteiger partial charge in [-0.3, -0.25) is 10.1 Å². The molecule has 0 saturated heterocycles. The molecule has 1 aromatic heterocycles. The highest BCUT2D eigenvalue weighted by molar-refractivity contribution is 5.38. The maximum absolute atomic E-state index is 10.8. The van der Waals surface area contributed by atoms with E-state index in [1.165, 1.54) is 26.4 Å². The lowest BCUT2D eigenvalue weighted by atomic mass is 10.1. The Labute approximate surface area is 98.2 Å². The number of pyridine rings is 1. The Kier molecular flexibility index (Phi) is 4.80. The van der Waals surface area contributed by atoms with Crippen molar-refractivity contribution >= 4 is 5.69 Å². The number of rotatable bonds is 6. The number of aliphatic hydroxyl groups is 1. The third-order valence-electron chi connectivity index (χ3n) is 2.12. The van der Waals surface area contributed by atoms with Crippen molar-refractivity contribution in [2.24, 2.45) is 0 Å². The fourth-order valence-electron chi connectivity index (χ4n) is 1.38. The maximum Gasteiger partial charge on any atom is 0.291 e. The van der Waals surface area contributed by atoms with Gasteiger partial charge in [-0.15, -0.1) is 0 Å². The average Bonchev–Trinajstić information content (AvgIpc) is 2.28. The summed E-state index contributed by atoms with van der Waals surface area (Å²) in [4.78, 5) is 14.2. The van der Waals surface area contributed by atoms with Crippen LogP contribution in [-0.4, -0.2) is 41.9 Å². The standard InChI is InChI=1S/C10H14N2O5/c1-16-6-7(13)5-8-9(12(14)15)3-4-10(11-8)17-2/h3-4,7,13H,5-6H2,1-2H3. The van der Waals surface area contributed by atoms with Gasteiger partial charge >= 0.3 is 0 Å². The second kappa shape index (κ2) is 6.12. The van der Waals surface area contributed by atoms with Gasteiger partial charge in [-0.25, -0.2) is 4.98 Å². The summed E-state index contributed by atoms with van der Waals surface area (Å²) >= 11 is 0. The van der Waals surface area contributed by atoms with Gasteiger partial charge in [0.2, 0.25) is 5.88 Å². The molecule has 0 aliphatic rings. The predicted molar refractivity (Wildman–Crippen MR) is 59.0 cm³/mol. The van der Waals surface area contributed by atoms with Crippen LogP contribution in [0, 0.1) is 10.1 Å². The lowest BCUT2D eigenvalue weighted by Gasteiger charge is -2.09. The van der Waals surface area contributed by atoms with Gasteiger partial charge in [0.05, 0.1) is 24.7 Å². The van der Waals surface area contributed by atoms with Gasteiger partial charge in [-0.1, -0.05) is 0 Å². The van der Waals surface area contributed by atoms with Crippen LogP contribution in [0.5, 0.6) is 5.88 Å². The summed E-state index contributed by atoms with van der Waals surface area (Å²) < 4.78 is 9.64. The average molecular weight is 242 g/mol. The van der Waals surface area contributed by atoms with Crippen molar-refractivity contribution in [3.05, 3.63) is 27.9 Å². The highest BCUT2D eigenvalue weighted by atomic mass is 16.6. The first-order valence-electron chi connectivity index (χ1n) is 4.93. The van der Waals surface area contributed by atoms with Gasteiger partial charge in [0.1, 0.15) is 5.69 Å². The molecule has 0 saturated carbocycles. The lowest BCUT2D eigenvalue weighted by Crippen LogP contribution is -2.18. The molecule has 0 bridgehead atoms. The van der Waals surface area contributed by atoms with Crippen LogP contribution in [-0.2, 0) is 11.2 Å². The first kappa shape index (κ1) is 13.3. The molecule has 0 aliphatic heterocycles. The monoisotopic (exact) mass is 242 g/mol. The first-order chi connectivity index (χ1) is 8.08. The van der Waals surface area contributed by atoms with Gasteiger partial charge < -0.3 is 14.6 Å². The van der Waals surface area contributed by atoms with Crippen LogP contribution in [0.15, 0.2) is 12.1 Å². The number of ether oxygens (including phenoxy) is 2. The molecule has 0 radical (unpaired) electrons. The maximum atomic E-state index is 10.8. The highest BCUT2D eigenvalue weighted by Gasteiger charge is 2.19. The van der Waals surface area contributed by atoms with Crippen molar-refractivity contribution in [3.8, 4) is 5.88 Å². The van der Waals surface area contributed by atoms with Crippen LogP contribution >= 0.6 is 0 Å². The molecule has 17 heavy (non-hydrogen) atoms. The molecule has 0 aliphatic carbocycles. The minimum Gasteiger partial charge on any atom is -0.481 e. The van der Waals surface area contributed by atoms with E-state index in [0.717, 1.165) is 0 Å². The predicted octanol–water partition coefficient (Wildman–Crippen LogP) is 0.548. The molecule has 1 atom stereocenters. The van der Waals surface area contributed by atoms with Crippen LogP contribution in [0.3, 0.4) is 0 Å². The van der Waals surface area contributed by atoms with Crippen molar-refractivity contribution in [3.63, 3.8) is 0 Å². The zero-order chi connectivity index (χ0) is 12.8. The van der Waals surface area contributed by atoms with Crippen LogP contribution < -0.4 is 4.74 Å². The Morgan fingerprint density at radius 3 is 2.76 bits per heavy atom. The third-order valence-corrected chi connectivity index (χ3v) is 2.12. The Bertz CT molecular complexity index is 396. The van der Waals surface area contributed by atoms with Gasteiger partial charge in [-0.2, -0.15) is 0 Å². The molecule has 1 N–H and O–H groups in total. The van der Waals surface area contributed by atoms with Crippen LogP contribution in [0.4, 0.5) is 5.69 Å².